The largest absolute Gasteiger partial charge is 0.383 e. The van der Waals surface area contributed by atoms with Crippen LogP contribution in [-0.2, 0) is 9.53 Å². The van der Waals surface area contributed by atoms with Gasteiger partial charge in [-0.15, -0.1) is 0 Å². The number of rotatable bonds is 5. The fourth-order valence-corrected chi connectivity index (χ4v) is 0.863. The van der Waals surface area contributed by atoms with E-state index in [-0.39, 0.29) is 11.9 Å². The highest BCUT2D eigenvalue weighted by Gasteiger charge is 2.06. The number of ether oxygens (including phenoxy) is 1. The summed E-state index contributed by atoms with van der Waals surface area (Å²) >= 11 is 0. The van der Waals surface area contributed by atoms with Gasteiger partial charge in [0.15, 0.2) is 0 Å². The lowest BCUT2D eigenvalue weighted by molar-refractivity contribution is -0.117. The molecule has 0 aliphatic heterocycles. The summed E-state index contributed by atoms with van der Waals surface area (Å²) in [6, 6.07) is 0.124. The summed E-state index contributed by atoms with van der Waals surface area (Å²) in [4.78, 5) is 11.0. The minimum Gasteiger partial charge on any atom is -0.383 e. The van der Waals surface area contributed by atoms with Gasteiger partial charge in [-0.05, 0) is 19.4 Å². The number of allylic oxidation sites excluding steroid dienone is 1. The first kappa shape index (κ1) is 11.2. The summed E-state index contributed by atoms with van der Waals surface area (Å²) in [6.45, 7) is 4.40. The molecule has 1 unspecified atom stereocenters. The Morgan fingerprint density at radius 1 is 1.67 bits per heavy atom. The summed E-state index contributed by atoms with van der Waals surface area (Å²) in [6.07, 6.45) is 4.12. The van der Waals surface area contributed by atoms with Crippen molar-refractivity contribution in [2.24, 2.45) is 0 Å². The Hall–Kier alpha value is -0.830. The number of carbonyl (C=O) groups is 1. The molecule has 0 fully saturated rings. The number of hydrogen-bond donors (Lipinski definition) is 1. The third-order valence-corrected chi connectivity index (χ3v) is 1.53. The molecule has 0 radical (unpaired) electrons. The van der Waals surface area contributed by atoms with E-state index in [1.807, 2.05) is 13.8 Å². The van der Waals surface area contributed by atoms with Crippen molar-refractivity contribution in [1.82, 2.24) is 5.32 Å². The summed E-state index contributed by atoms with van der Waals surface area (Å²) in [5.41, 5.74) is 0. The highest BCUT2D eigenvalue weighted by atomic mass is 16.5. The second-order valence-electron chi connectivity index (χ2n) is 2.57. The minimum absolute atomic E-state index is 0.0543. The first-order chi connectivity index (χ1) is 5.74. The monoisotopic (exact) mass is 171 g/mol. The quantitative estimate of drug-likeness (QED) is 0.629. The SMILES string of the molecule is CC=CC(=O)NC(CC)COC. The average Bonchev–Trinajstić information content (AvgIpc) is 2.04. The highest BCUT2D eigenvalue weighted by Crippen LogP contribution is 1.91. The molecule has 1 atom stereocenters. The van der Waals surface area contributed by atoms with E-state index in [2.05, 4.69) is 5.32 Å². The van der Waals surface area contributed by atoms with Gasteiger partial charge < -0.3 is 10.1 Å². The molecule has 0 rings (SSSR count). The van der Waals surface area contributed by atoms with Gasteiger partial charge in [-0.25, -0.2) is 0 Å². The van der Waals surface area contributed by atoms with Crippen LogP contribution < -0.4 is 5.32 Å². The van der Waals surface area contributed by atoms with Gasteiger partial charge in [-0.2, -0.15) is 0 Å². The van der Waals surface area contributed by atoms with Gasteiger partial charge in [0.25, 0.3) is 0 Å². The molecular formula is C9H17NO2. The molecule has 70 valence electrons. The Balaban J connectivity index is 3.76. The van der Waals surface area contributed by atoms with Gasteiger partial charge in [0.05, 0.1) is 12.6 Å². The normalized spacial score (nSPS) is 13.2. The Morgan fingerprint density at radius 2 is 2.33 bits per heavy atom. The Labute approximate surface area is 73.8 Å². The molecule has 3 nitrogen and oxygen atoms in total. The van der Waals surface area contributed by atoms with Crippen LogP contribution in [0.5, 0.6) is 0 Å². The topological polar surface area (TPSA) is 38.3 Å². The maximum atomic E-state index is 11.0. The van der Waals surface area contributed by atoms with Gasteiger partial charge in [0.2, 0.25) is 5.91 Å². The predicted octanol–water partition coefficient (Wildman–Crippen LogP) is 1.10. The zero-order valence-corrected chi connectivity index (χ0v) is 7.96. The van der Waals surface area contributed by atoms with Crippen molar-refractivity contribution in [3.63, 3.8) is 0 Å². The van der Waals surface area contributed by atoms with E-state index < -0.39 is 0 Å². The fraction of sp³-hybridized carbons (Fsp3) is 0.667. The van der Waals surface area contributed by atoms with Gasteiger partial charge in [-0.1, -0.05) is 13.0 Å². The molecule has 0 bridgehead atoms. The van der Waals surface area contributed by atoms with Crippen LogP contribution in [0.2, 0.25) is 0 Å². The molecular weight excluding hydrogens is 154 g/mol. The third-order valence-electron chi connectivity index (χ3n) is 1.53. The number of carbonyl (C=O) groups excluding carboxylic acids is 1. The van der Waals surface area contributed by atoms with Crippen LogP contribution in [-0.4, -0.2) is 25.7 Å². The lowest BCUT2D eigenvalue weighted by Crippen LogP contribution is -2.36. The first-order valence-electron chi connectivity index (χ1n) is 4.16. The van der Waals surface area contributed by atoms with E-state index in [4.69, 9.17) is 4.74 Å². The van der Waals surface area contributed by atoms with E-state index in [0.29, 0.717) is 6.61 Å². The van der Waals surface area contributed by atoms with Crippen molar-refractivity contribution in [1.29, 1.82) is 0 Å². The Bertz CT molecular complexity index is 155. The molecule has 0 saturated carbocycles. The zero-order valence-electron chi connectivity index (χ0n) is 7.96. The third kappa shape index (κ3) is 4.91. The lowest BCUT2D eigenvalue weighted by Gasteiger charge is -2.13. The minimum atomic E-state index is -0.0543. The molecule has 0 aromatic rings. The molecule has 1 N–H and O–H groups in total. The van der Waals surface area contributed by atoms with Gasteiger partial charge in [-0.3, -0.25) is 4.79 Å². The van der Waals surface area contributed by atoms with E-state index in [9.17, 15) is 4.79 Å². The van der Waals surface area contributed by atoms with E-state index >= 15 is 0 Å². The maximum absolute atomic E-state index is 11.0. The summed E-state index contributed by atoms with van der Waals surface area (Å²) in [7, 11) is 1.63. The molecule has 0 aliphatic rings. The van der Waals surface area contributed by atoms with Crippen LogP contribution in [0, 0.1) is 0 Å². The van der Waals surface area contributed by atoms with Crippen molar-refractivity contribution in [3.05, 3.63) is 12.2 Å². The number of methoxy groups -OCH3 is 1. The fourth-order valence-electron chi connectivity index (χ4n) is 0.863. The molecule has 0 aromatic heterocycles. The molecule has 3 heteroatoms. The average molecular weight is 171 g/mol. The molecule has 0 heterocycles. The number of nitrogens with one attached hydrogen (secondary N) is 1. The van der Waals surface area contributed by atoms with Crippen molar-refractivity contribution in [2.45, 2.75) is 26.3 Å². The van der Waals surface area contributed by atoms with Crippen molar-refractivity contribution < 1.29 is 9.53 Å². The molecule has 0 saturated heterocycles. The number of amides is 1. The number of hydrogen-bond acceptors (Lipinski definition) is 2. The molecule has 0 aromatic carbocycles. The molecule has 1 amide bonds. The van der Waals surface area contributed by atoms with Crippen LogP contribution in [0.3, 0.4) is 0 Å². The van der Waals surface area contributed by atoms with Crippen LogP contribution in [0.15, 0.2) is 12.2 Å². The van der Waals surface area contributed by atoms with Crippen LogP contribution in [0.1, 0.15) is 20.3 Å². The maximum Gasteiger partial charge on any atom is 0.243 e. The smallest absolute Gasteiger partial charge is 0.243 e. The Kier molecular flexibility index (Phi) is 6.38. The molecule has 0 spiro atoms. The standard InChI is InChI=1S/C9H17NO2/c1-4-6-9(11)10-8(5-2)7-12-3/h4,6,8H,5,7H2,1-3H3,(H,10,11). The molecule has 12 heavy (non-hydrogen) atoms. The second kappa shape index (κ2) is 6.85. The van der Waals surface area contributed by atoms with Crippen LogP contribution >= 0.6 is 0 Å². The van der Waals surface area contributed by atoms with Gasteiger partial charge in [0, 0.05) is 7.11 Å². The highest BCUT2D eigenvalue weighted by molar-refractivity contribution is 5.87. The van der Waals surface area contributed by atoms with Crippen LogP contribution in [0.25, 0.3) is 0 Å². The van der Waals surface area contributed by atoms with E-state index in [0.717, 1.165) is 6.42 Å². The summed E-state index contributed by atoms with van der Waals surface area (Å²) in [5.74, 6) is -0.0543. The second-order valence-corrected chi connectivity index (χ2v) is 2.57. The summed E-state index contributed by atoms with van der Waals surface area (Å²) in [5, 5.41) is 2.82. The van der Waals surface area contributed by atoms with Crippen molar-refractivity contribution >= 4 is 5.91 Å². The first-order valence-corrected chi connectivity index (χ1v) is 4.16. The van der Waals surface area contributed by atoms with E-state index in [1.54, 1.807) is 13.2 Å². The summed E-state index contributed by atoms with van der Waals surface area (Å²) < 4.78 is 4.94. The van der Waals surface area contributed by atoms with E-state index in [1.165, 1.54) is 6.08 Å². The van der Waals surface area contributed by atoms with Crippen molar-refractivity contribution in [2.75, 3.05) is 13.7 Å². The van der Waals surface area contributed by atoms with Gasteiger partial charge in [0.1, 0.15) is 0 Å². The molecule has 0 aliphatic carbocycles. The Morgan fingerprint density at radius 3 is 2.75 bits per heavy atom. The van der Waals surface area contributed by atoms with Gasteiger partial charge >= 0.3 is 0 Å². The lowest BCUT2D eigenvalue weighted by atomic mass is 10.2. The zero-order chi connectivity index (χ0) is 9.40. The van der Waals surface area contributed by atoms with Crippen LogP contribution in [0.4, 0.5) is 0 Å². The van der Waals surface area contributed by atoms with Crippen molar-refractivity contribution in [3.8, 4) is 0 Å². The predicted molar refractivity (Wildman–Crippen MR) is 48.9 cm³/mol.